The van der Waals surface area contributed by atoms with Crippen molar-refractivity contribution in [1.82, 2.24) is 15.1 Å². The van der Waals surface area contributed by atoms with Crippen LogP contribution in [0.5, 0.6) is 0 Å². The van der Waals surface area contributed by atoms with Gasteiger partial charge in [0.05, 0.1) is 11.7 Å². The van der Waals surface area contributed by atoms with Crippen molar-refractivity contribution in [2.45, 2.75) is 75.4 Å². The smallest absolute Gasteiger partial charge is 0.267 e. The van der Waals surface area contributed by atoms with E-state index in [0.717, 1.165) is 24.6 Å². The lowest BCUT2D eigenvalue weighted by atomic mass is 9.90. The van der Waals surface area contributed by atoms with Crippen LogP contribution in [-0.2, 0) is 0 Å². The second-order valence-electron chi connectivity index (χ2n) is 7.37. The number of rotatable bonds is 4. The summed E-state index contributed by atoms with van der Waals surface area (Å²) < 4.78 is 1.79. The van der Waals surface area contributed by atoms with Gasteiger partial charge in [-0.25, -0.2) is 4.68 Å². The Kier molecular flexibility index (Phi) is 4.76. The molecule has 0 atom stereocenters. The molecule has 1 N–H and O–H groups in total. The van der Waals surface area contributed by atoms with Crippen LogP contribution in [0, 0.1) is 0 Å². The summed E-state index contributed by atoms with van der Waals surface area (Å²) in [6.07, 6.45) is 9.62. The molecule has 0 radical (unpaired) electrons. The highest BCUT2D eigenvalue weighted by molar-refractivity contribution is 7.99. The van der Waals surface area contributed by atoms with Gasteiger partial charge >= 0.3 is 0 Å². The van der Waals surface area contributed by atoms with Gasteiger partial charge in [-0.05, 0) is 68.9 Å². The normalized spacial score (nSPS) is 29.6. The summed E-state index contributed by atoms with van der Waals surface area (Å²) in [6.45, 7) is 0. The number of hydrogen-bond acceptors (Lipinski definition) is 4. The highest BCUT2D eigenvalue weighted by Crippen LogP contribution is 2.38. The van der Waals surface area contributed by atoms with E-state index in [4.69, 9.17) is 0 Å². The molecule has 2 aliphatic carbocycles. The molecule has 4 nitrogen and oxygen atoms in total. The van der Waals surface area contributed by atoms with E-state index in [1.165, 1.54) is 50.0 Å². The van der Waals surface area contributed by atoms with Gasteiger partial charge in [0.2, 0.25) is 0 Å². The highest BCUT2D eigenvalue weighted by atomic mass is 32.2. The Morgan fingerprint density at radius 3 is 2.35 bits per heavy atom. The molecule has 2 heterocycles. The fraction of sp³-hybridized carbons (Fsp3) is 0.778. The van der Waals surface area contributed by atoms with Crippen molar-refractivity contribution in [3.05, 3.63) is 28.2 Å². The summed E-state index contributed by atoms with van der Waals surface area (Å²) in [6, 6.07) is 5.33. The average Bonchev–Trinajstić information content (AvgIpc) is 3.42. The van der Waals surface area contributed by atoms with Crippen LogP contribution in [0.3, 0.4) is 0 Å². The van der Waals surface area contributed by atoms with Gasteiger partial charge < -0.3 is 5.32 Å². The maximum Gasteiger partial charge on any atom is 0.267 e. The van der Waals surface area contributed by atoms with Crippen LogP contribution in [-0.4, -0.2) is 33.4 Å². The van der Waals surface area contributed by atoms with E-state index < -0.39 is 0 Å². The molecule has 1 saturated heterocycles. The zero-order valence-electron chi connectivity index (χ0n) is 13.7. The predicted molar refractivity (Wildman–Crippen MR) is 95.2 cm³/mol. The van der Waals surface area contributed by atoms with Crippen LogP contribution in [0.1, 0.15) is 69.0 Å². The van der Waals surface area contributed by atoms with E-state index in [2.05, 4.69) is 22.2 Å². The lowest BCUT2D eigenvalue weighted by Crippen LogP contribution is -2.43. The standard InChI is InChI=1S/C18H27N3OS/c22-18-8-7-17(13-1-2-13)20-21(18)16-5-3-14(4-6-16)19-15-9-11-23-12-10-15/h7-8,13-16,19H,1-6,9-12H2. The van der Waals surface area contributed by atoms with Gasteiger partial charge in [0.25, 0.3) is 5.56 Å². The lowest BCUT2D eigenvalue weighted by Gasteiger charge is -2.33. The molecule has 1 aliphatic heterocycles. The number of hydrogen-bond donors (Lipinski definition) is 1. The fourth-order valence-corrected chi connectivity index (χ4v) is 5.09. The molecule has 23 heavy (non-hydrogen) atoms. The Labute approximate surface area is 142 Å². The first-order chi connectivity index (χ1) is 11.3. The third-order valence-electron chi connectivity index (χ3n) is 5.58. The number of nitrogens with one attached hydrogen (secondary N) is 1. The topological polar surface area (TPSA) is 46.9 Å². The molecule has 0 spiro atoms. The lowest BCUT2D eigenvalue weighted by molar-refractivity contribution is 0.251. The summed E-state index contributed by atoms with van der Waals surface area (Å²) in [5, 5.41) is 8.54. The maximum atomic E-state index is 12.2. The molecule has 5 heteroatoms. The van der Waals surface area contributed by atoms with Crippen molar-refractivity contribution in [2.24, 2.45) is 0 Å². The van der Waals surface area contributed by atoms with Crippen LogP contribution in [0.2, 0.25) is 0 Å². The Bertz CT molecular complexity index is 584. The summed E-state index contributed by atoms with van der Waals surface area (Å²) >= 11 is 2.08. The van der Waals surface area contributed by atoms with Gasteiger partial charge in [0.1, 0.15) is 0 Å². The van der Waals surface area contributed by atoms with Crippen LogP contribution in [0.4, 0.5) is 0 Å². The molecule has 4 rings (SSSR count). The molecule has 0 aromatic carbocycles. The largest absolute Gasteiger partial charge is 0.311 e. The van der Waals surface area contributed by atoms with Gasteiger partial charge in [0.15, 0.2) is 0 Å². The molecular weight excluding hydrogens is 306 g/mol. The molecule has 1 aromatic rings. The van der Waals surface area contributed by atoms with Crippen molar-refractivity contribution in [2.75, 3.05) is 11.5 Å². The first-order valence-corrected chi connectivity index (χ1v) is 10.4. The quantitative estimate of drug-likeness (QED) is 0.920. The van der Waals surface area contributed by atoms with E-state index in [1.54, 1.807) is 10.7 Å². The van der Waals surface area contributed by atoms with Crippen molar-refractivity contribution < 1.29 is 0 Å². The molecule has 0 unspecified atom stereocenters. The first-order valence-electron chi connectivity index (χ1n) is 9.23. The number of aromatic nitrogens is 2. The second kappa shape index (κ2) is 6.98. The van der Waals surface area contributed by atoms with E-state index in [9.17, 15) is 4.79 Å². The molecule has 2 saturated carbocycles. The van der Waals surface area contributed by atoms with Crippen LogP contribution in [0.25, 0.3) is 0 Å². The summed E-state index contributed by atoms with van der Waals surface area (Å²) in [5.74, 6) is 3.23. The average molecular weight is 334 g/mol. The van der Waals surface area contributed by atoms with Gasteiger partial charge in [0, 0.05) is 24.1 Å². The Hall–Kier alpha value is -0.810. The minimum atomic E-state index is 0.0788. The SMILES string of the molecule is O=c1ccc(C2CC2)nn1C1CCC(NC2CCSCC2)CC1. The van der Waals surface area contributed by atoms with Crippen LogP contribution in [0.15, 0.2) is 16.9 Å². The summed E-state index contributed by atoms with van der Waals surface area (Å²) in [4.78, 5) is 12.2. The van der Waals surface area contributed by atoms with E-state index in [-0.39, 0.29) is 5.56 Å². The van der Waals surface area contributed by atoms with Crippen molar-refractivity contribution in [3.8, 4) is 0 Å². The Morgan fingerprint density at radius 2 is 1.65 bits per heavy atom. The van der Waals surface area contributed by atoms with Gasteiger partial charge in [-0.3, -0.25) is 4.79 Å². The van der Waals surface area contributed by atoms with Gasteiger partial charge in [-0.15, -0.1) is 0 Å². The third kappa shape index (κ3) is 3.82. The Morgan fingerprint density at radius 1 is 0.957 bits per heavy atom. The van der Waals surface area contributed by atoms with Gasteiger partial charge in [-0.2, -0.15) is 16.9 Å². The maximum absolute atomic E-state index is 12.2. The molecule has 0 bridgehead atoms. The second-order valence-corrected chi connectivity index (χ2v) is 8.60. The minimum Gasteiger partial charge on any atom is -0.311 e. The minimum absolute atomic E-state index is 0.0788. The van der Waals surface area contributed by atoms with Gasteiger partial charge in [-0.1, -0.05) is 0 Å². The van der Waals surface area contributed by atoms with Crippen LogP contribution < -0.4 is 10.9 Å². The molecule has 0 amide bonds. The summed E-state index contributed by atoms with van der Waals surface area (Å²) in [7, 11) is 0. The monoisotopic (exact) mass is 333 g/mol. The first kappa shape index (κ1) is 15.7. The summed E-state index contributed by atoms with van der Waals surface area (Å²) in [5.41, 5.74) is 1.21. The zero-order valence-corrected chi connectivity index (χ0v) is 14.6. The molecule has 3 aliphatic rings. The molecule has 126 valence electrons. The van der Waals surface area contributed by atoms with Crippen molar-refractivity contribution in [1.29, 1.82) is 0 Å². The van der Waals surface area contributed by atoms with Crippen molar-refractivity contribution in [3.63, 3.8) is 0 Å². The van der Waals surface area contributed by atoms with E-state index in [1.807, 2.05) is 6.07 Å². The molecular formula is C18H27N3OS. The van der Waals surface area contributed by atoms with Crippen LogP contribution >= 0.6 is 11.8 Å². The fourth-order valence-electron chi connectivity index (χ4n) is 3.98. The third-order valence-corrected chi connectivity index (χ3v) is 6.63. The predicted octanol–water partition coefficient (Wildman–Crippen LogP) is 3.09. The van der Waals surface area contributed by atoms with E-state index in [0.29, 0.717) is 18.0 Å². The Balaban J connectivity index is 1.35. The number of thioether (sulfide) groups is 1. The molecule has 1 aromatic heterocycles. The number of nitrogens with zero attached hydrogens (tertiary/aromatic N) is 2. The van der Waals surface area contributed by atoms with Crippen molar-refractivity contribution >= 4 is 11.8 Å². The highest BCUT2D eigenvalue weighted by Gasteiger charge is 2.29. The van der Waals surface area contributed by atoms with E-state index >= 15 is 0 Å². The molecule has 3 fully saturated rings. The zero-order chi connectivity index (χ0) is 15.6.